The first-order chi connectivity index (χ1) is 11.2. The summed E-state index contributed by atoms with van der Waals surface area (Å²) < 4.78 is 5.02. The minimum atomic E-state index is -0.796. The van der Waals surface area contributed by atoms with Gasteiger partial charge in [-0.05, 0) is 41.0 Å². The molecule has 3 rings (SSSR count). The summed E-state index contributed by atoms with van der Waals surface area (Å²) in [6.07, 6.45) is -0.796. The number of carbonyl (C=O) groups is 1. The van der Waals surface area contributed by atoms with Gasteiger partial charge in [-0.1, -0.05) is 54.6 Å². The van der Waals surface area contributed by atoms with Crippen LogP contribution >= 0.6 is 0 Å². The zero-order chi connectivity index (χ0) is 16.2. The topological polar surface area (TPSA) is 46.5 Å². The summed E-state index contributed by atoms with van der Waals surface area (Å²) >= 11 is 0. The molecule has 0 saturated carbocycles. The molecule has 0 radical (unpaired) electrons. The van der Waals surface area contributed by atoms with Crippen LogP contribution in [0.3, 0.4) is 0 Å². The number of carbonyl (C=O) groups excluding carboxylic acids is 1. The number of aliphatic hydroxyl groups excluding tert-OH is 1. The van der Waals surface area contributed by atoms with Gasteiger partial charge in [0.15, 0.2) is 0 Å². The second-order valence-corrected chi connectivity index (χ2v) is 5.32. The van der Waals surface area contributed by atoms with Gasteiger partial charge in [-0.25, -0.2) is 4.79 Å². The average Bonchev–Trinajstić information content (AvgIpc) is 2.61. The third-order valence-electron chi connectivity index (χ3n) is 3.83. The Morgan fingerprint density at radius 2 is 1.78 bits per heavy atom. The molecule has 0 fully saturated rings. The molecule has 3 aromatic carbocycles. The third-order valence-corrected chi connectivity index (χ3v) is 3.83. The van der Waals surface area contributed by atoms with Crippen LogP contribution in [-0.2, 0) is 4.74 Å². The molecule has 0 aromatic heterocycles. The summed E-state index contributed by atoms with van der Waals surface area (Å²) in [7, 11) is 0. The molecule has 116 valence electrons. The largest absolute Gasteiger partial charge is 0.462 e. The molecule has 3 heteroatoms. The number of benzene rings is 3. The van der Waals surface area contributed by atoms with Crippen LogP contribution in [0.1, 0.15) is 34.5 Å². The SMILES string of the molecule is CCOC(=O)c1cccc([C@@H](O)c2cccc3ccccc23)c1. The van der Waals surface area contributed by atoms with E-state index in [2.05, 4.69) is 0 Å². The van der Waals surface area contributed by atoms with Crippen LogP contribution in [0.5, 0.6) is 0 Å². The molecule has 0 heterocycles. The monoisotopic (exact) mass is 306 g/mol. The lowest BCUT2D eigenvalue weighted by Crippen LogP contribution is -2.07. The second-order valence-electron chi connectivity index (χ2n) is 5.32. The second kappa shape index (κ2) is 6.63. The quantitative estimate of drug-likeness (QED) is 0.738. The maximum atomic E-state index is 11.9. The summed E-state index contributed by atoms with van der Waals surface area (Å²) in [4.78, 5) is 11.9. The van der Waals surface area contributed by atoms with Crippen LogP contribution in [0.15, 0.2) is 66.7 Å². The Balaban J connectivity index is 2.01. The van der Waals surface area contributed by atoms with Gasteiger partial charge < -0.3 is 9.84 Å². The summed E-state index contributed by atoms with van der Waals surface area (Å²) in [6.45, 7) is 2.10. The minimum Gasteiger partial charge on any atom is -0.462 e. The number of rotatable bonds is 4. The van der Waals surface area contributed by atoms with E-state index < -0.39 is 6.10 Å². The highest BCUT2D eigenvalue weighted by molar-refractivity contribution is 5.90. The lowest BCUT2D eigenvalue weighted by atomic mass is 9.95. The molecule has 0 aliphatic carbocycles. The van der Waals surface area contributed by atoms with Gasteiger partial charge in [-0.3, -0.25) is 0 Å². The molecule has 1 N–H and O–H groups in total. The number of esters is 1. The maximum absolute atomic E-state index is 11.9. The van der Waals surface area contributed by atoms with Gasteiger partial charge in [0.2, 0.25) is 0 Å². The molecule has 0 aliphatic rings. The normalized spacial score (nSPS) is 12.1. The zero-order valence-corrected chi connectivity index (χ0v) is 12.9. The van der Waals surface area contributed by atoms with Crippen molar-refractivity contribution >= 4 is 16.7 Å². The molecule has 0 unspecified atom stereocenters. The fourth-order valence-electron chi connectivity index (χ4n) is 2.72. The van der Waals surface area contributed by atoms with Gasteiger partial charge in [-0.15, -0.1) is 0 Å². The number of fused-ring (bicyclic) bond motifs is 1. The lowest BCUT2D eigenvalue weighted by molar-refractivity contribution is 0.0526. The lowest BCUT2D eigenvalue weighted by Gasteiger charge is -2.15. The van der Waals surface area contributed by atoms with Crippen molar-refractivity contribution in [3.05, 3.63) is 83.4 Å². The Hall–Kier alpha value is -2.65. The van der Waals surface area contributed by atoms with Gasteiger partial charge >= 0.3 is 5.97 Å². The van der Waals surface area contributed by atoms with Crippen molar-refractivity contribution < 1.29 is 14.6 Å². The smallest absolute Gasteiger partial charge is 0.338 e. The highest BCUT2D eigenvalue weighted by Crippen LogP contribution is 2.29. The Morgan fingerprint density at radius 1 is 1.04 bits per heavy atom. The molecule has 1 atom stereocenters. The first-order valence-electron chi connectivity index (χ1n) is 7.63. The summed E-state index contributed by atoms with van der Waals surface area (Å²) in [6, 6.07) is 20.7. The van der Waals surface area contributed by atoms with Crippen molar-refractivity contribution in [2.24, 2.45) is 0 Å². The van der Waals surface area contributed by atoms with E-state index in [1.54, 1.807) is 25.1 Å². The van der Waals surface area contributed by atoms with Crippen LogP contribution in [0.2, 0.25) is 0 Å². The van der Waals surface area contributed by atoms with Crippen LogP contribution < -0.4 is 0 Å². The van der Waals surface area contributed by atoms with E-state index in [0.29, 0.717) is 17.7 Å². The standard InChI is InChI=1S/C20H18O3/c1-2-23-20(22)16-10-5-9-15(13-16)19(21)18-12-6-8-14-7-3-4-11-17(14)18/h3-13,19,21H,2H2,1H3/t19-/m1/s1. The molecular formula is C20H18O3. The van der Waals surface area contributed by atoms with Crippen LogP contribution in [-0.4, -0.2) is 17.7 Å². The molecule has 0 aliphatic heterocycles. The zero-order valence-electron chi connectivity index (χ0n) is 12.9. The molecule has 0 bridgehead atoms. The molecular weight excluding hydrogens is 288 g/mol. The van der Waals surface area contributed by atoms with Crippen molar-refractivity contribution in [3.63, 3.8) is 0 Å². The van der Waals surface area contributed by atoms with Gasteiger partial charge in [-0.2, -0.15) is 0 Å². The van der Waals surface area contributed by atoms with Crippen LogP contribution in [0.4, 0.5) is 0 Å². The van der Waals surface area contributed by atoms with Crippen molar-refractivity contribution in [1.29, 1.82) is 0 Å². The molecule has 23 heavy (non-hydrogen) atoms. The third kappa shape index (κ3) is 3.10. The van der Waals surface area contributed by atoms with E-state index >= 15 is 0 Å². The van der Waals surface area contributed by atoms with Crippen molar-refractivity contribution in [3.8, 4) is 0 Å². The first-order valence-corrected chi connectivity index (χ1v) is 7.63. The summed E-state index contributed by atoms with van der Waals surface area (Å²) in [5, 5.41) is 12.9. The number of hydrogen-bond donors (Lipinski definition) is 1. The van der Waals surface area contributed by atoms with Crippen LogP contribution in [0.25, 0.3) is 10.8 Å². The van der Waals surface area contributed by atoms with E-state index in [-0.39, 0.29) is 5.97 Å². The molecule has 0 saturated heterocycles. The average molecular weight is 306 g/mol. The number of hydrogen-bond acceptors (Lipinski definition) is 3. The molecule has 0 amide bonds. The van der Waals surface area contributed by atoms with Crippen molar-refractivity contribution in [2.75, 3.05) is 6.61 Å². The summed E-state index contributed by atoms with van der Waals surface area (Å²) in [5.41, 5.74) is 1.94. The Morgan fingerprint density at radius 3 is 2.61 bits per heavy atom. The van der Waals surface area contributed by atoms with E-state index in [9.17, 15) is 9.90 Å². The van der Waals surface area contributed by atoms with Crippen molar-refractivity contribution in [1.82, 2.24) is 0 Å². The van der Waals surface area contributed by atoms with Crippen molar-refractivity contribution in [2.45, 2.75) is 13.0 Å². The molecule has 0 spiro atoms. The van der Waals surface area contributed by atoms with Gasteiger partial charge in [0.05, 0.1) is 12.2 Å². The molecule has 3 nitrogen and oxygen atoms in total. The fourth-order valence-corrected chi connectivity index (χ4v) is 2.72. The van der Waals surface area contributed by atoms with E-state index in [0.717, 1.165) is 16.3 Å². The van der Waals surface area contributed by atoms with E-state index in [4.69, 9.17) is 4.74 Å². The predicted octanol–water partition coefficient (Wildman–Crippen LogP) is 4.10. The van der Waals surface area contributed by atoms with E-state index in [1.807, 2.05) is 48.5 Å². The fraction of sp³-hybridized carbons (Fsp3) is 0.150. The summed E-state index contributed by atoms with van der Waals surface area (Å²) in [5.74, 6) is -0.375. The van der Waals surface area contributed by atoms with E-state index in [1.165, 1.54) is 0 Å². The number of aliphatic hydroxyl groups is 1. The highest BCUT2D eigenvalue weighted by Gasteiger charge is 2.15. The number of ether oxygens (including phenoxy) is 1. The Bertz CT molecular complexity index is 834. The highest BCUT2D eigenvalue weighted by atomic mass is 16.5. The van der Waals surface area contributed by atoms with Crippen LogP contribution in [0, 0.1) is 0 Å². The predicted molar refractivity (Wildman–Crippen MR) is 90.4 cm³/mol. The Kier molecular flexibility index (Phi) is 4.40. The van der Waals surface area contributed by atoms with Gasteiger partial charge in [0.1, 0.15) is 6.10 Å². The van der Waals surface area contributed by atoms with Gasteiger partial charge in [0, 0.05) is 0 Å². The van der Waals surface area contributed by atoms with Gasteiger partial charge in [0.25, 0.3) is 0 Å². The first kappa shape index (κ1) is 15.3. The minimum absolute atomic E-state index is 0.328. The Labute approximate surface area is 135 Å². The maximum Gasteiger partial charge on any atom is 0.338 e. The molecule has 3 aromatic rings.